The Morgan fingerprint density at radius 1 is 1.53 bits per heavy atom. The Morgan fingerprint density at radius 3 is 2.79 bits per heavy atom. The lowest BCUT2D eigenvalue weighted by molar-refractivity contribution is 0.265. The number of aromatic nitrogens is 1. The van der Waals surface area contributed by atoms with E-state index in [1.807, 2.05) is 0 Å². The molecule has 0 radical (unpaired) electrons. The average Bonchev–Trinajstić information content (AvgIpc) is 2.88. The molecule has 1 aliphatic heterocycles. The molecule has 1 N–H and O–H groups in total. The van der Waals surface area contributed by atoms with Gasteiger partial charge in [-0.25, -0.2) is 13.1 Å². The second-order valence-corrected chi connectivity index (χ2v) is 7.25. The van der Waals surface area contributed by atoms with Gasteiger partial charge in [0.15, 0.2) is 0 Å². The lowest BCUT2D eigenvalue weighted by Crippen LogP contribution is -2.41. The number of sulfonamides is 1. The molecular weight excluding hydrogens is 266 g/mol. The third kappa shape index (κ3) is 3.77. The van der Waals surface area contributed by atoms with Crippen LogP contribution in [0, 0.1) is 5.92 Å². The van der Waals surface area contributed by atoms with Crippen molar-refractivity contribution in [2.45, 2.75) is 38.6 Å². The normalized spacial score (nSPS) is 25.3. The van der Waals surface area contributed by atoms with Crippen LogP contribution in [0.5, 0.6) is 0 Å². The molecule has 2 rings (SSSR count). The molecular formula is C12H21N3O3S. The van der Waals surface area contributed by atoms with Crippen molar-refractivity contribution >= 4 is 10.0 Å². The first-order chi connectivity index (χ1) is 8.87. The van der Waals surface area contributed by atoms with E-state index in [0.717, 1.165) is 13.1 Å². The second-order valence-electron chi connectivity index (χ2n) is 5.50. The van der Waals surface area contributed by atoms with Gasteiger partial charge in [-0.1, -0.05) is 12.1 Å². The quantitative estimate of drug-likeness (QED) is 0.868. The summed E-state index contributed by atoms with van der Waals surface area (Å²) in [4.78, 5) is 2.29. The fourth-order valence-electron chi connectivity index (χ4n) is 2.36. The number of nitrogens with one attached hydrogen (secondary N) is 1. The highest BCUT2D eigenvalue weighted by Gasteiger charge is 2.33. The molecule has 2 heterocycles. The Kier molecular flexibility index (Phi) is 4.27. The molecule has 1 aliphatic rings. The van der Waals surface area contributed by atoms with Gasteiger partial charge >= 0.3 is 0 Å². The Bertz CT molecular complexity index is 498. The zero-order chi connectivity index (χ0) is 14.0. The number of rotatable bonds is 5. The van der Waals surface area contributed by atoms with Crippen LogP contribution in [0.4, 0.5) is 0 Å². The van der Waals surface area contributed by atoms with Gasteiger partial charge in [0.25, 0.3) is 0 Å². The molecule has 1 saturated heterocycles. The number of likely N-dealkylation sites (tertiary alicyclic amines) is 1. The lowest BCUT2D eigenvalue weighted by Gasteiger charge is -2.20. The summed E-state index contributed by atoms with van der Waals surface area (Å²) in [5, 5.41) is 3.63. The van der Waals surface area contributed by atoms with Crippen molar-refractivity contribution in [1.29, 1.82) is 0 Å². The van der Waals surface area contributed by atoms with Crippen LogP contribution < -0.4 is 4.72 Å². The molecule has 6 nitrogen and oxygen atoms in total. The second kappa shape index (κ2) is 5.60. The van der Waals surface area contributed by atoms with Crippen molar-refractivity contribution < 1.29 is 12.9 Å². The summed E-state index contributed by atoms with van der Waals surface area (Å²) in [6.07, 6.45) is 1.38. The molecule has 0 amide bonds. The van der Waals surface area contributed by atoms with Crippen molar-refractivity contribution in [3.05, 3.63) is 18.0 Å². The smallest absolute Gasteiger partial charge is 0.217 e. The summed E-state index contributed by atoms with van der Waals surface area (Å²) in [5.74, 6) is 0.184. The molecule has 7 heteroatoms. The molecule has 0 unspecified atom stereocenters. The predicted octanol–water partition coefficient (Wildman–Crippen LogP) is 0.823. The van der Waals surface area contributed by atoms with Gasteiger partial charge in [-0.15, -0.1) is 0 Å². The van der Waals surface area contributed by atoms with Crippen LogP contribution in [0.1, 0.15) is 26.5 Å². The minimum Gasteiger partial charge on any atom is -0.364 e. The fraction of sp³-hybridized carbons (Fsp3) is 0.750. The lowest BCUT2D eigenvalue weighted by atomic mass is 10.1. The van der Waals surface area contributed by atoms with E-state index >= 15 is 0 Å². The molecule has 0 aromatic carbocycles. The van der Waals surface area contributed by atoms with E-state index in [-0.39, 0.29) is 11.8 Å². The maximum atomic E-state index is 12.1. The molecule has 2 atom stereocenters. The molecule has 0 spiro atoms. The summed E-state index contributed by atoms with van der Waals surface area (Å²) in [6, 6.07) is 1.98. The summed E-state index contributed by atoms with van der Waals surface area (Å²) in [6.45, 7) is 8.01. The van der Waals surface area contributed by atoms with Gasteiger partial charge in [0.1, 0.15) is 12.0 Å². The van der Waals surface area contributed by atoms with Gasteiger partial charge in [0.2, 0.25) is 10.0 Å². The number of nitrogens with zero attached hydrogens (tertiary/aromatic N) is 2. The van der Waals surface area contributed by atoms with Crippen LogP contribution in [-0.4, -0.2) is 43.6 Å². The van der Waals surface area contributed by atoms with Crippen LogP contribution in [0.25, 0.3) is 0 Å². The molecule has 1 fully saturated rings. The van der Waals surface area contributed by atoms with Crippen molar-refractivity contribution in [1.82, 2.24) is 14.8 Å². The molecule has 0 aliphatic carbocycles. The van der Waals surface area contributed by atoms with Crippen LogP contribution in [0.3, 0.4) is 0 Å². The molecule has 19 heavy (non-hydrogen) atoms. The number of hydrogen-bond donors (Lipinski definition) is 1. The monoisotopic (exact) mass is 287 g/mol. The first-order valence-corrected chi connectivity index (χ1v) is 8.16. The van der Waals surface area contributed by atoms with Gasteiger partial charge in [0.05, 0.1) is 5.69 Å². The Morgan fingerprint density at radius 2 is 2.26 bits per heavy atom. The molecule has 108 valence electrons. The first-order valence-electron chi connectivity index (χ1n) is 6.50. The molecule has 0 bridgehead atoms. The van der Waals surface area contributed by atoms with Crippen LogP contribution in [0.2, 0.25) is 0 Å². The number of hydrogen-bond acceptors (Lipinski definition) is 5. The molecule has 1 aromatic heterocycles. The average molecular weight is 287 g/mol. The maximum absolute atomic E-state index is 12.1. The SMILES string of the molecule is CC(C)N1C[C@@H](C)[C@H](NS(=O)(=O)Cc2ccon2)C1. The van der Waals surface area contributed by atoms with Crippen LogP contribution in [-0.2, 0) is 15.8 Å². The standard InChI is InChI=1S/C12H21N3O3S/c1-9(2)15-6-10(3)12(7-15)14-19(16,17)8-11-4-5-18-13-11/h4-5,9-10,12,14H,6-8H2,1-3H3/t10-,12-/m1/s1. The maximum Gasteiger partial charge on any atom is 0.217 e. The largest absolute Gasteiger partial charge is 0.364 e. The van der Waals surface area contributed by atoms with Crippen molar-refractivity contribution in [2.24, 2.45) is 5.92 Å². The van der Waals surface area contributed by atoms with Crippen molar-refractivity contribution in [3.63, 3.8) is 0 Å². The predicted molar refractivity (Wildman–Crippen MR) is 71.9 cm³/mol. The van der Waals surface area contributed by atoms with E-state index < -0.39 is 10.0 Å². The Hall–Kier alpha value is -0.920. The Labute approximate surface area is 114 Å². The first kappa shape index (κ1) is 14.5. The van der Waals surface area contributed by atoms with Gasteiger partial charge in [-0.05, 0) is 19.8 Å². The summed E-state index contributed by atoms with van der Waals surface area (Å²) < 4.78 is 31.6. The van der Waals surface area contributed by atoms with E-state index in [0.29, 0.717) is 17.7 Å². The summed E-state index contributed by atoms with van der Waals surface area (Å²) >= 11 is 0. The zero-order valence-electron chi connectivity index (χ0n) is 11.5. The Balaban J connectivity index is 1.97. The van der Waals surface area contributed by atoms with Gasteiger partial charge in [-0.2, -0.15) is 0 Å². The minimum absolute atomic E-state index is 0.0284. The highest BCUT2D eigenvalue weighted by molar-refractivity contribution is 7.88. The van der Waals surface area contributed by atoms with Crippen molar-refractivity contribution in [2.75, 3.05) is 13.1 Å². The van der Waals surface area contributed by atoms with Crippen molar-refractivity contribution in [3.8, 4) is 0 Å². The third-order valence-corrected chi connectivity index (χ3v) is 4.87. The van der Waals surface area contributed by atoms with E-state index in [9.17, 15) is 8.42 Å². The fourth-order valence-corrected chi connectivity index (χ4v) is 3.75. The summed E-state index contributed by atoms with van der Waals surface area (Å²) in [5.41, 5.74) is 0.430. The van der Waals surface area contributed by atoms with E-state index in [4.69, 9.17) is 0 Å². The van der Waals surface area contributed by atoms with E-state index in [1.165, 1.54) is 6.26 Å². The zero-order valence-corrected chi connectivity index (χ0v) is 12.4. The summed E-state index contributed by atoms with van der Waals surface area (Å²) in [7, 11) is -3.37. The van der Waals surface area contributed by atoms with Gasteiger partial charge < -0.3 is 4.52 Å². The van der Waals surface area contributed by atoms with Crippen LogP contribution >= 0.6 is 0 Å². The highest BCUT2D eigenvalue weighted by atomic mass is 32.2. The van der Waals surface area contributed by atoms with Crippen LogP contribution in [0.15, 0.2) is 16.9 Å². The highest BCUT2D eigenvalue weighted by Crippen LogP contribution is 2.19. The molecule has 0 saturated carbocycles. The molecule has 1 aromatic rings. The van der Waals surface area contributed by atoms with E-state index in [1.54, 1.807) is 6.07 Å². The van der Waals surface area contributed by atoms with E-state index in [2.05, 4.69) is 40.1 Å². The third-order valence-electron chi connectivity index (χ3n) is 3.53. The van der Waals surface area contributed by atoms with Gasteiger partial charge in [0, 0.05) is 31.2 Å². The topological polar surface area (TPSA) is 75.4 Å². The minimum atomic E-state index is -3.37. The van der Waals surface area contributed by atoms with Gasteiger partial charge in [-0.3, -0.25) is 4.90 Å².